The van der Waals surface area contributed by atoms with Crippen molar-refractivity contribution in [2.45, 2.75) is 13.3 Å². The molecule has 5 heteroatoms. The molecule has 1 aromatic heterocycles. The number of hydrogen-bond acceptors (Lipinski definition) is 4. The van der Waals surface area contributed by atoms with E-state index >= 15 is 0 Å². The highest BCUT2D eigenvalue weighted by Crippen LogP contribution is 2.26. The van der Waals surface area contributed by atoms with Crippen LogP contribution in [0.3, 0.4) is 0 Å². The molecule has 0 bridgehead atoms. The number of amides is 1. The van der Waals surface area contributed by atoms with Gasteiger partial charge in [0.15, 0.2) is 5.75 Å². The molecule has 1 heterocycles. The van der Waals surface area contributed by atoms with Crippen molar-refractivity contribution in [3.63, 3.8) is 0 Å². The number of para-hydroxylation sites is 1. The van der Waals surface area contributed by atoms with E-state index in [1.165, 1.54) is 4.88 Å². The molecule has 0 saturated carbocycles. The average Bonchev–Trinajstić information content (AvgIpc) is 2.94. The molecule has 0 aliphatic carbocycles. The monoisotopic (exact) mass is 290 g/mol. The molecule has 3 N–H and O–H groups in total. The van der Waals surface area contributed by atoms with Gasteiger partial charge >= 0.3 is 0 Å². The van der Waals surface area contributed by atoms with Crippen LogP contribution in [0.25, 0.3) is 0 Å². The number of nitrogens with two attached hydrogens (primary N) is 1. The van der Waals surface area contributed by atoms with E-state index in [0.717, 1.165) is 6.42 Å². The minimum atomic E-state index is -0.155. The van der Waals surface area contributed by atoms with Crippen LogP contribution >= 0.6 is 11.3 Å². The summed E-state index contributed by atoms with van der Waals surface area (Å²) in [4.78, 5) is 13.4. The Labute approximate surface area is 122 Å². The Morgan fingerprint density at radius 2 is 2.20 bits per heavy atom. The Kier molecular flexibility index (Phi) is 5.01. The molecule has 0 aliphatic rings. The number of hydrogen-bond donors (Lipinski definition) is 2. The van der Waals surface area contributed by atoms with E-state index in [0.29, 0.717) is 30.2 Å². The summed E-state index contributed by atoms with van der Waals surface area (Å²) in [6, 6.07) is 9.27. The van der Waals surface area contributed by atoms with Gasteiger partial charge in [-0.1, -0.05) is 12.1 Å². The number of carbonyl (C=O) groups is 1. The van der Waals surface area contributed by atoms with E-state index in [1.807, 2.05) is 18.4 Å². The first kappa shape index (κ1) is 14.4. The Morgan fingerprint density at radius 3 is 2.90 bits per heavy atom. The largest absolute Gasteiger partial charge is 0.491 e. The SMILES string of the molecule is CCOc1c(N)cccc1C(=O)NCCc1cccs1. The van der Waals surface area contributed by atoms with Gasteiger partial charge in [-0.3, -0.25) is 4.79 Å². The summed E-state index contributed by atoms with van der Waals surface area (Å²) in [6.45, 7) is 2.94. The molecule has 0 fully saturated rings. The normalized spacial score (nSPS) is 10.2. The second-order valence-corrected chi connectivity index (χ2v) is 5.27. The zero-order valence-electron chi connectivity index (χ0n) is 11.4. The van der Waals surface area contributed by atoms with Crippen LogP contribution in [0, 0.1) is 0 Å². The van der Waals surface area contributed by atoms with Gasteiger partial charge in [0.1, 0.15) is 0 Å². The lowest BCUT2D eigenvalue weighted by atomic mass is 10.1. The molecule has 4 nitrogen and oxygen atoms in total. The number of carbonyl (C=O) groups excluding carboxylic acids is 1. The Hall–Kier alpha value is -2.01. The van der Waals surface area contributed by atoms with Crippen LogP contribution in [-0.4, -0.2) is 19.1 Å². The van der Waals surface area contributed by atoms with E-state index in [1.54, 1.807) is 29.5 Å². The van der Waals surface area contributed by atoms with E-state index in [9.17, 15) is 4.79 Å². The number of nitrogen functional groups attached to an aromatic ring is 1. The van der Waals surface area contributed by atoms with Crippen LogP contribution in [0.5, 0.6) is 5.75 Å². The molecule has 0 saturated heterocycles. The Morgan fingerprint density at radius 1 is 1.35 bits per heavy atom. The number of rotatable bonds is 6. The molecule has 0 atom stereocenters. The first-order valence-electron chi connectivity index (χ1n) is 6.54. The summed E-state index contributed by atoms with van der Waals surface area (Å²) >= 11 is 1.69. The predicted octanol–water partition coefficient (Wildman–Crippen LogP) is 2.70. The highest BCUT2D eigenvalue weighted by molar-refractivity contribution is 7.09. The molecule has 1 amide bonds. The zero-order valence-corrected chi connectivity index (χ0v) is 12.2. The molecule has 106 valence electrons. The minimum Gasteiger partial charge on any atom is -0.491 e. The summed E-state index contributed by atoms with van der Waals surface area (Å²) in [5.74, 6) is 0.306. The summed E-state index contributed by atoms with van der Waals surface area (Å²) in [5.41, 5.74) is 6.82. The fourth-order valence-corrected chi connectivity index (χ4v) is 2.60. The van der Waals surface area contributed by atoms with Gasteiger partial charge in [0.05, 0.1) is 17.9 Å². The molecule has 0 aliphatic heterocycles. The van der Waals surface area contributed by atoms with Crippen molar-refractivity contribution in [3.8, 4) is 5.75 Å². The van der Waals surface area contributed by atoms with Crippen LogP contribution in [0.2, 0.25) is 0 Å². The van der Waals surface area contributed by atoms with E-state index < -0.39 is 0 Å². The van der Waals surface area contributed by atoms with Crippen LogP contribution in [-0.2, 0) is 6.42 Å². The molecule has 20 heavy (non-hydrogen) atoms. The van der Waals surface area contributed by atoms with Gasteiger partial charge in [-0.25, -0.2) is 0 Å². The van der Waals surface area contributed by atoms with Crippen molar-refractivity contribution in [2.24, 2.45) is 0 Å². The first-order chi connectivity index (χ1) is 9.72. The summed E-state index contributed by atoms with van der Waals surface area (Å²) in [5, 5.41) is 4.93. The second kappa shape index (κ2) is 6.96. The predicted molar refractivity (Wildman–Crippen MR) is 82.4 cm³/mol. The van der Waals surface area contributed by atoms with Gasteiger partial charge in [0, 0.05) is 11.4 Å². The van der Waals surface area contributed by atoms with Crippen LogP contribution in [0.4, 0.5) is 5.69 Å². The van der Waals surface area contributed by atoms with Crippen molar-refractivity contribution < 1.29 is 9.53 Å². The maximum atomic E-state index is 12.2. The number of thiophene rings is 1. The van der Waals surface area contributed by atoms with Crippen molar-refractivity contribution in [2.75, 3.05) is 18.9 Å². The molecule has 2 aromatic rings. The van der Waals surface area contributed by atoms with Crippen LogP contribution in [0.1, 0.15) is 22.2 Å². The Balaban J connectivity index is 1.99. The molecule has 0 spiro atoms. The van der Waals surface area contributed by atoms with E-state index in [2.05, 4.69) is 11.4 Å². The number of nitrogens with one attached hydrogen (secondary N) is 1. The quantitative estimate of drug-likeness (QED) is 0.804. The van der Waals surface area contributed by atoms with Crippen molar-refractivity contribution in [3.05, 3.63) is 46.2 Å². The summed E-state index contributed by atoms with van der Waals surface area (Å²) < 4.78 is 5.46. The minimum absolute atomic E-state index is 0.155. The van der Waals surface area contributed by atoms with Crippen molar-refractivity contribution >= 4 is 22.9 Å². The molecular formula is C15H18N2O2S. The van der Waals surface area contributed by atoms with Gasteiger partial charge in [0.2, 0.25) is 0 Å². The lowest BCUT2D eigenvalue weighted by molar-refractivity contribution is 0.0950. The molecule has 0 unspecified atom stereocenters. The van der Waals surface area contributed by atoms with Gasteiger partial charge in [-0.05, 0) is 36.9 Å². The van der Waals surface area contributed by atoms with Gasteiger partial charge in [0.25, 0.3) is 5.91 Å². The van der Waals surface area contributed by atoms with Gasteiger partial charge < -0.3 is 15.8 Å². The molecule has 1 aromatic carbocycles. The standard InChI is InChI=1S/C15H18N2O2S/c1-2-19-14-12(6-3-7-13(14)16)15(18)17-9-8-11-5-4-10-20-11/h3-7,10H,2,8-9,16H2,1H3,(H,17,18). The Bertz CT molecular complexity index is 567. The van der Waals surface area contributed by atoms with E-state index in [4.69, 9.17) is 10.5 Å². The van der Waals surface area contributed by atoms with Crippen molar-refractivity contribution in [1.82, 2.24) is 5.32 Å². The second-order valence-electron chi connectivity index (χ2n) is 4.24. The fourth-order valence-electron chi connectivity index (χ4n) is 1.89. The summed E-state index contributed by atoms with van der Waals surface area (Å²) in [7, 11) is 0. The highest BCUT2D eigenvalue weighted by Gasteiger charge is 2.14. The number of benzene rings is 1. The van der Waals surface area contributed by atoms with E-state index in [-0.39, 0.29) is 5.91 Å². The van der Waals surface area contributed by atoms with Crippen molar-refractivity contribution in [1.29, 1.82) is 0 Å². The average molecular weight is 290 g/mol. The van der Waals surface area contributed by atoms with Gasteiger partial charge in [-0.2, -0.15) is 0 Å². The van der Waals surface area contributed by atoms with Gasteiger partial charge in [-0.15, -0.1) is 11.3 Å². The number of anilines is 1. The molecule has 0 radical (unpaired) electrons. The maximum Gasteiger partial charge on any atom is 0.255 e. The zero-order chi connectivity index (χ0) is 14.4. The lowest BCUT2D eigenvalue weighted by Crippen LogP contribution is -2.26. The third-order valence-corrected chi connectivity index (χ3v) is 3.75. The third kappa shape index (κ3) is 3.51. The molecule has 2 rings (SSSR count). The highest BCUT2D eigenvalue weighted by atomic mass is 32.1. The summed E-state index contributed by atoms with van der Waals surface area (Å²) in [6.07, 6.45) is 0.829. The topological polar surface area (TPSA) is 64.3 Å². The first-order valence-corrected chi connectivity index (χ1v) is 7.42. The smallest absolute Gasteiger partial charge is 0.255 e. The lowest BCUT2D eigenvalue weighted by Gasteiger charge is -2.12. The van der Waals surface area contributed by atoms with Crippen LogP contribution in [0.15, 0.2) is 35.7 Å². The molecular weight excluding hydrogens is 272 g/mol. The number of ether oxygens (including phenoxy) is 1. The van der Waals surface area contributed by atoms with Crippen LogP contribution < -0.4 is 15.8 Å². The maximum absolute atomic E-state index is 12.2. The fraction of sp³-hybridized carbons (Fsp3) is 0.267. The third-order valence-electron chi connectivity index (χ3n) is 2.82.